The summed E-state index contributed by atoms with van der Waals surface area (Å²) in [5.41, 5.74) is 4.69. The van der Waals surface area contributed by atoms with Gasteiger partial charge in [0.25, 0.3) is 5.56 Å². The number of nitrogens with zero attached hydrogens (tertiary/aromatic N) is 3. The molecule has 0 N–H and O–H groups in total. The maximum absolute atomic E-state index is 12.1. The van der Waals surface area contributed by atoms with Gasteiger partial charge >= 0.3 is 0 Å². The van der Waals surface area contributed by atoms with E-state index in [9.17, 15) is 10.1 Å². The van der Waals surface area contributed by atoms with E-state index in [4.69, 9.17) is 0 Å². The van der Waals surface area contributed by atoms with Crippen LogP contribution in [0.1, 0.15) is 22.5 Å². The highest BCUT2D eigenvalue weighted by molar-refractivity contribution is 5.75. The van der Waals surface area contributed by atoms with E-state index in [2.05, 4.69) is 11.1 Å². The summed E-state index contributed by atoms with van der Waals surface area (Å²) in [7, 11) is 0. The lowest BCUT2D eigenvalue weighted by molar-refractivity contribution is 0.953. The van der Waals surface area contributed by atoms with Gasteiger partial charge in [-0.3, -0.25) is 4.79 Å². The van der Waals surface area contributed by atoms with Crippen molar-refractivity contribution in [2.75, 3.05) is 0 Å². The molecule has 0 spiro atoms. The van der Waals surface area contributed by atoms with Gasteiger partial charge in [0.2, 0.25) is 0 Å². The molecule has 3 rings (SSSR count). The zero-order valence-electron chi connectivity index (χ0n) is 12.7. The van der Waals surface area contributed by atoms with E-state index in [0.717, 1.165) is 22.5 Å². The van der Waals surface area contributed by atoms with E-state index in [1.54, 1.807) is 0 Å². The number of para-hydroxylation sites is 1. The number of hydrogen-bond acceptors (Lipinski definition) is 3. The zero-order chi connectivity index (χ0) is 15.9. The van der Waals surface area contributed by atoms with Gasteiger partial charge in [0.1, 0.15) is 11.6 Å². The third-order valence-corrected chi connectivity index (χ3v) is 3.84. The van der Waals surface area contributed by atoms with Crippen LogP contribution < -0.4 is 5.56 Å². The Bertz CT molecular complexity index is 933. The van der Waals surface area contributed by atoms with Crippen molar-refractivity contribution in [2.24, 2.45) is 0 Å². The molecule has 108 valence electrons. The van der Waals surface area contributed by atoms with Crippen molar-refractivity contribution in [1.29, 1.82) is 5.26 Å². The molecule has 0 aromatic heterocycles. The largest absolute Gasteiger partial charge is 0.312 e. The first kappa shape index (κ1) is 14.0. The number of rotatable bonds is 1. The number of fused-ring (bicyclic) bond motifs is 1. The fourth-order valence-electron chi connectivity index (χ4n) is 2.99. The predicted molar refractivity (Wildman–Crippen MR) is 85.4 cm³/mol. The molecule has 4 nitrogen and oxygen atoms in total. The van der Waals surface area contributed by atoms with Gasteiger partial charge in [0.15, 0.2) is 0 Å². The Kier molecular flexibility index (Phi) is 3.26. The van der Waals surface area contributed by atoms with Crippen LogP contribution in [0.4, 0.5) is 0 Å². The summed E-state index contributed by atoms with van der Waals surface area (Å²) in [5.74, 6) is 0. The minimum Gasteiger partial charge on any atom is -0.312 e. The Balaban J connectivity index is 2.58. The first-order valence-electron chi connectivity index (χ1n) is 7.03. The summed E-state index contributed by atoms with van der Waals surface area (Å²) in [6.07, 6.45) is 0. The third kappa shape index (κ3) is 1.99. The number of nitriles is 1. The van der Waals surface area contributed by atoms with Gasteiger partial charge in [0.05, 0.1) is 11.4 Å². The van der Waals surface area contributed by atoms with Crippen molar-refractivity contribution < 1.29 is 0 Å². The SMILES string of the molecule is Cc1cc(C)n(-c2ccccc2)c2c(C#N)c(=O)nc(C)c1-2. The van der Waals surface area contributed by atoms with Crippen LogP contribution in [0.2, 0.25) is 0 Å². The van der Waals surface area contributed by atoms with E-state index < -0.39 is 5.56 Å². The number of benzene rings is 1. The van der Waals surface area contributed by atoms with Crippen molar-refractivity contribution in [1.82, 2.24) is 9.55 Å². The van der Waals surface area contributed by atoms with E-state index in [-0.39, 0.29) is 5.56 Å². The molecule has 0 saturated heterocycles. The van der Waals surface area contributed by atoms with E-state index in [0.29, 0.717) is 11.4 Å². The molecule has 22 heavy (non-hydrogen) atoms. The van der Waals surface area contributed by atoms with Crippen molar-refractivity contribution in [2.45, 2.75) is 20.8 Å². The molecule has 0 radical (unpaired) electrons. The molecule has 4 heteroatoms. The second-order valence-electron chi connectivity index (χ2n) is 5.35. The van der Waals surface area contributed by atoms with E-state index in [1.165, 1.54) is 0 Å². The minimum atomic E-state index is -0.470. The van der Waals surface area contributed by atoms with Gasteiger partial charge in [-0.1, -0.05) is 18.2 Å². The smallest absolute Gasteiger partial charge is 0.290 e. The molecular weight excluding hydrogens is 274 g/mol. The Morgan fingerprint density at radius 2 is 1.82 bits per heavy atom. The molecule has 0 bridgehead atoms. The lowest BCUT2D eigenvalue weighted by atomic mass is 9.97. The van der Waals surface area contributed by atoms with Crippen LogP contribution in [0, 0.1) is 32.1 Å². The molecular formula is C18H15N3O. The highest BCUT2D eigenvalue weighted by Crippen LogP contribution is 2.33. The van der Waals surface area contributed by atoms with Crippen LogP contribution in [0.5, 0.6) is 0 Å². The minimum absolute atomic E-state index is 0.0938. The average Bonchev–Trinajstić information content (AvgIpc) is 2.47. The van der Waals surface area contributed by atoms with Crippen LogP contribution in [0.25, 0.3) is 16.9 Å². The summed E-state index contributed by atoms with van der Waals surface area (Å²) in [4.78, 5) is 16.2. The summed E-state index contributed by atoms with van der Waals surface area (Å²) >= 11 is 0. The quantitative estimate of drug-likeness (QED) is 0.691. The first-order chi connectivity index (χ1) is 10.5. The van der Waals surface area contributed by atoms with Crippen LogP contribution in [0.3, 0.4) is 0 Å². The fourth-order valence-corrected chi connectivity index (χ4v) is 2.99. The molecule has 2 aliphatic rings. The third-order valence-electron chi connectivity index (χ3n) is 3.84. The molecule has 0 unspecified atom stereocenters. The second-order valence-corrected chi connectivity index (χ2v) is 5.35. The van der Waals surface area contributed by atoms with Gasteiger partial charge in [0, 0.05) is 16.9 Å². The molecule has 2 heterocycles. The predicted octanol–water partition coefficient (Wildman–Crippen LogP) is 3.13. The summed E-state index contributed by atoms with van der Waals surface area (Å²) in [5, 5.41) is 9.46. The van der Waals surface area contributed by atoms with E-state index >= 15 is 0 Å². The number of hydrogen-bond donors (Lipinski definition) is 0. The van der Waals surface area contributed by atoms with Gasteiger partial charge < -0.3 is 4.57 Å². The van der Waals surface area contributed by atoms with Crippen LogP contribution in [-0.4, -0.2) is 9.55 Å². The summed E-state index contributed by atoms with van der Waals surface area (Å²) < 4.78 is 1.96. The van der Waals surface area contributed by atoms with Crippen LogP contribution in [0.15, 0.2) is 41.2 Å². The maximum atomic E-state index is 12.1. The highest BCUT2D eigenvalue weighted by Gasteiger charge is 2.22. The molecule has 0 fully saturated rings. The number of aromatic nitrogens is 2. The maximum Gasteiger partial charge on any atom is 0.290 e. The molecule has 1 aromatic rings. The fraction of sp³-hybridized carbons (Fsp3) is 0.167. The lowest BCUT2D eigenvalue weighted by Gasteiger charge is -2.22. The standard InChI is InChI=1S/C18H15N3O/c1-11-9-12(2)21(14-7-5-4-6-8-14)17-15(10-19)18(22)20-13(3)16(11)17/h4-9H,1-3H3. The topological polar surface area (TPSA) is 58.7 Å². The molecule has 0 saturated carbocycles. The Labute approximate surface area is 128 Å². The van der Waals surface area contributed by atoms with Crippen molar-refractivity contribution in [3.63, 3.8) is 0 Å². The van der Waals surface area contributed by atoms with Crippen LogP contribution in [-0.2, 0) is 0 Å². The second kappa shape index (κ2) is 5.12. The van der Waals surface area contributed by atoms with Gasteiger partial charge in [-0.05, 0) is 44.5 Å². The van der Waals surface area contributed by atoms with Gasteiger partial charge in [-0.15, -0.1) is 0 Å². The van der Waals surface area contributed by atoms with Gasteiger partial charge in [-0.2, -0.15) is 5.26 Å². The highest BCUT2D eigenvalue weighted by atomic mass is 16.1. The normalized spacial score (nSPS) is 10.6. The molecule has 2 aliphatic heterocycles. The summed E-state index contributed by atoms with van der Waals surface area (Å²) in [6, 6.07) is 13.8. The zero-order valence-corrected chi connectivity index (χ0v) is 12.7. The molecule has 0 amide bonds. The van der Waals surface area contributed by atoms with Crippen molar-refractivity contribution >= 4 is 0 Å². The summed E-state index contributed by atoms with van der Waals surface area (Å²) in [6.45, 7) is 5.76. The molecule has 1 aromatic carbocycles. The van der Waals surface area contributed by atoms with Crippen molar-refractivity contribution in [3.05, 3.63) is 69.3 Å². The number of pyridine rings is 2. The Morgan fingerprint density at radius 3 is 2.45 bits per heavy atom. The lowest BCUT2D eigenvalue weighted by Crippen LogP contribution is -2.20. The Hall–Kier alpha value is -2.93. The average molecular weight is 289 g/mol. The molecule has 0 aliphatic carbocycles. The van der Waals surface area contributed by atoms with Crippen molar-refractivity contribution in [3.8, 4) is 23.0 Å². The number of aryl methyl sites for hydroxylation is 3. The monoisotopic (exact) mass is 289 g/mol. The van der Waals surface area contributed by atoms with Crippen LogP contribution >= 0.6 is 0 Å². The van der Waals surface area contributed by atoms with E-state index in [1.807, 2.05) is 61.7 Å². The van der Waals surface area contributed by atoms with Gasteiger partial charge in [-0.25, -0.2) is 4.98 Å². The Morgan fingerprint density at radius 1 is 1.14 bits per heavy atom. The first-order valence-corrected chi connectivity index (χ1v) is 7.03. The molecule has 0 atom stereocenters.